The molecule has 0 fully saturated rings. The Morgan fingerprint density at radius 3 is 2.42 bits per heavy atom. The smallest absolute Gasteiger partial charge is 0.490 e. The number of ether oxygens (including phenoxy) is 3. The Morgan fingerprint density at radius 1 is 1.00 bits per heavy atom. The van der Waals surface area contributed by atoms with Crippen molar-refractivity contribution >= 4 is 17.7 Å². The van der Waals surface area contributed by atoms with E-state index in [-0.39, 0.29) is 17.4 Å². The minimum Gasteiger partial charge on any atom is -0.490 e. The number of carbonyl (C=O) groups is 1. The first-order valence-electron chi connectivity index (χ1n) is 11.3. The maximum atomic E-state index is 12.7. The van der Waals surface area contributed by atoms with E-state index in [0.717, 1.165) is 22.1 Å². The molecule has 5 nitrogen and oxygen atoms in total. The quantitative estimate of drug-likeness (QED) is 0.248. The molecule has 0 saturated carbocycles. The van der Waals surface area contributed by atoms with Crippen molar-refractivity contribution in [3.8, 4) is 23.0 Å². The van der Waals surface area contributed by atoms with Crippen molar-refractivity contribution in [1.29, 1.82) is 0 Å². The molecule has 192 valence electrons. The number of carboxylic acids is 1. The number of carboxylic acid groups (broad SMARTS) is 1. The summed E-state index contributed by atoms with van der Waals surface area (Å²) in [4.78, 5) is 11.9. The third kappa shape index (κ3) is 9.03. The summed E-state index contributed by atoms with van der Waals surface area (Å²) in [6, 6.07) is 18.4. The average Bonchev–Trinajstić information content (AvgIpc) is 2.79. The summed E-state index contributed by atoms with van der Waals surface area (Å²) in [5.41, 5.74) is 2.06. The van der Waals surface area contributed by atoms with Crippen LogP contribution in [0.25, 0.3) is 0 Å². The molecule has 3 aromatic carbocycles. The molecule has 1 atom stereocenters. The Labute approximate surface area is 212 Å². The van der Waals surface area contributed by atoms with E-state index in [1.165, 1.54) is 12.1 Å². The fourth-order valence-corrected chi connectivity index (χ4v) is 4.46. The van der Waals surface area contributed by atoms with Gasteiger partial charge in [0.25, 0.3) is 0 Å². The standard InChI is InChI=1S/C27H27F3O5S/c1-18-16-23(11-8-20(18)9-13-26(31)32)36-19(2)14-15-33-24-12-10-22(35-27(28,29)30)17-25(24)34-21-6-4-3-5-7-21/h3-8,10-12,16-17,19H,9,13-15H2,1-2H3,(H,31,32). The normalized spacial score (nSPS) is 12.1. The second-order valence-corrected chi connectivity index (χ2v) is 9.63. The lowest BCUT2D eigenvalue weighted by Crippen LogP contribution is -2.17. The summed E-state index contributed by atoms with van der Waals surface area (Å²) >= 11 is 1.67. The van der Waals surface area contributed by atoms with Crippen LogP contribution in [0.3, 0.4) is 0 Å². The highest BCUT2D eigenvalue weighted by Gasteiger charge is 2.31. The van der Waals surface area contributed by atoms with Gasteiger partial charge in [-0.15, -0.1) is 24.9 Å². The molecule has 0 spiro atoms. The van der Waals surface area contributed by atoms with Gasteiger partial charge in [-0.05, 0) is 67.3 Å². The summed E-state index contributed by atoms with van der Waals surface area (Å²) in [6.45, 7) is 4.35. The highest BCUT2D eigenvalue weighted by Crippen LogP contribution is 2.37. The van der Waals surface area contributed by atoms with Gasteiger partial charge in [-0.1, -0.05) is 31.2 Å². The van der Waals surface area contributed by atoms with Gasteiger partial charge in [0.15, 0.2) is 11.5 Å². The van der Waals surface area contributed by atoms with Crippen LogP contribution < -0.4 is 14.2 Å². The van der Waals surface area contributed by atoms with Crippen LogP contribution in [0.15, 0.2) is 71.6 Å². The van der Waals surface area contributed by atoms with E-state index in [4.69, 9.17) is 14.6 Å². The van der Waals surface area contributed by atoms with Gasteiger partial charge in [0.1, 0.15) is 11.5 Å². The van der Waals surface area contributed by atoms with Crippen LogP contribution in [0, 0.1) is 6.92 Å². The summed E-state index contributed by atoms with van der Waals surface area (Å²) < 4.78 is 53.7. The Bertz CT molecular complexity index is 1150. The van der Waals surface area contributed by atoms with Crippen LogP contribution in [0.4, 0.5) is 13.2 Å². The molecule has 0 bridgehead atoms. The number of thioether (sulfide) groups is 1. The monoisotopic (exact) mass is 520 g/mol. The van der Waals surface area contributed by atoms with Crippen LogP contribution in [0.5, 0.6) is 23.0 Å². The number of benzene rings is 3. The van der Waals surface area contributed by atoms with Gasteiger partial charge in [0.2, 0.25) is 0 Å². The van der Waals surface area contributed by atoms with Crippen molar-refractivity contribution in [3.63, 3.8) is 0 Å². The second-order valence-electron chi connectivity index (χ2n) is 8.12. The first-order chi connectivity index (χ1) is 17.1. The highest BCUT2D eigenvalue weighted by molar-refractivity contribution is 7.99. The van der Waals surface area contributed by atoms with Gasteiger partial charge in [-0.3, -0.25) is 4.79 Å². The molecule has 1 N–H and O–H groups in total. The van der Waals surface area contributed by atoms with Gasteiger partial charge >= 0.3 is 12.3 Å². The van der Waals surface area contributed by atoms with Crippen molar-refractivity contribution in [2.45, 2.75) is 49.6 Å². The molecule has 9 heteroatoms. The fourth-order valence-electron chi connectivity index (χ4n) is 3.39. The molecule has 0 saturated heterocycles. The van der Waals surface area contributed by atoms with Gasteiger partial charge in [0, 0.05) is 22.6 Å². The molecule has 1 unspecified atom stereocenters. The van der Waals surface area contributed by atoms with Crippen LogP contribution in [-0.2, 0) is 11.2 Å². The van der Waals surface area contributed by atoms with E-state index in [1.54, 1.807) is 42.1 Å². The van der Waals surface area contributed by atoms with E-state index in [9.17, 15) is 18.0 Å². The van der Waals surface area contributed by atoms with Crippen LogP contribution >= 0.6 is 11.8 Å². The maximum absolute atomic E-state index is 12.7. The minimum absolute atomic E-state index is 0.0976. The van der Waals surface area contributed by atoms with Crippen LogP contribution in [0.1, 0.15) is 30.9 Å². The lowest BCUT2D eigenvalue weighted by molar-refractivity contribution is -0.274. The molecule has 0 heterocycles. The first-order valence-corrected chi connectivity index (χ1v) is 12.2. The summed E-state index contributed by atoms with van der Waals surface area (Å²) in [6.07, 6.45) is -3.54. The molecule has 3 rings (SSSR count). The topological polar surface area (TPSA) is 65.0 Å². The van der Waals surface area contributed by atoms with Gasteiger partial charge in [0.05, 0.1) is 6.61 Å². The molecule has 0 aliphatic carbocycles. The zero-order valence-electron chi connectivity index (χ0n) is 19.9. The number of alkyl halides is 3. The molecule has 0 aliphatic rings. The maximum Gasteiger partial charge on any atom is 0.573 e. The number of para-hydroxylation sites is 1. The molecule has 0 amide bonds. The molecule has 0 aliphatic heterocycles. The van der Waals surface area contributed by atoms with Crippen molar-refractivity contribution in [2.24, 2.45) is 0 Å². The van der Waals surface area contributed by atoms with Crippen molar-refractivity contribution in [2.75, 3.05) is 6.61 Å². The Morgan fingerprint density at radius 2 is 1.75 bits per heavy atom. The van der Waals surface area contributed by atoms with Crippen molar-refractivity contribution < 1.29 is 37.3 Å². The first kappa shape index (κ1) is 27.3. The lowest BCUT2D eigenvalue weighted by atomic mass is 10.0. The van der Waals surface area contributed by atoms with Gasteiger partial charge in [-0.25, -0.2) is 0 Å². The number of hydrogen-bond acceptors (Lipinski definition) is 5. The predicted molar refractivity (Wildman–Crippen MR) is 132 cm³/mol. The Kier molecular flexibility index (Phi) is 9.52. The third-order valence-electron chi connectivity index (χ3n) is 5.16. The zero-order valence-corrected chi connectivity index (χ0v) is 20.7. The molecule has 0 radical (unpaired) electrons. The third-order valence-corrected chi connectivity index (χ3v) is 6.33. The van der Waals surface area contributed by atoms with E-state index in [0.29, 0.717) is 30.9 Å². The van der Waals surface area contributed by atoms with Crippen molar-refractivity contribution in [1.82, 2.24) is 0 Å². The number of halogens is 3. The predicted octanol–water partition coefficient (Wildman–Crippen LogP) is 7.65. The molecule has 3 aromatic rings. The summed E-state index contributed by atoms with van der Waals surface area (Å²) in [7, 11) is 0. The molecule has 36 heavy (non-hydrogen) atoms. The fraction of sp³-hybridized carbons (Fsp3) is 0.296. The summed E-state index contributed by atoms with van der Waals surface area (Å²) in [5.74, 6) is -0.328. The molecular formula is C27H27F3O5S. The van der Waals surface area contributed by atoms with Crippen molar-refractivity contribution in [3.05, 3.63) is 77.9 Å². The van der Waals surface area contributed by atoms with E-state index >= 15 is 0 Å². The SMILES string of the molecule is Cc1cc(SC(C)CCOc2ccc(OC(F)(F)F)cc2Oc2ccccc2)ccc1CCC(=O)O. The van der Waals surface area contributed by atoms with Gasteiger partial charge in [-0.2, -0.15) is 0 Å². The van der Waals surface area contributed by atoms with E-state index < -0.39 is 18.1 Å². The van der Waals surface area contributed by atoms with Crippen LogP contribution in [-0.4, -0.2) is 29.3 Å². The average molecular weight is 521 g/mol. The highest BCUT2D eigenvalue weighted by atomic mass is 32.2. The Hall–Kier alpha value is -3.33. The zero-order chi connectivity index (χ0) is 26.1. The number of hydrogen-bond donors (Lipinski definition) is 1. The number of rotatable bonds is 12. The van der Waals surface area contributed by atoms with Gasteiger partial charge < -0.3 is 19.3 Å². The summed E-state index contributed by atoms with van der Waals surface area (Å²) in [5, 5.41) is 9.07. The lowest BCUT2D eigenvalue weighted by Gasteiger charge is -2.17. The molecular weight excluding hydrogens is 493 g/mol. The van der Waals surface area contributed by atoms with E-state index in [1.807, 2.05) is 25.1 Å². The Balaban J connectivity index is 1.60. The number of aryl methyl sites for hydroxylation is 2. The second kappa shape index (κ2) is 12.6. The van der Waals surface area contributed by atoms with E-state index in [2.05, 4.69) is 11.7 Å². The number of aliphatic carboxylic acids is 1. The molecule has 0 aromatic heterocycles. The van der Waals surface area contributed by atoms with Crippen LogP contribution in [0.2, 0.25) is 0 Å². The minimum atomic E-state index is -4.81. The largest absolute Gasteiger partial charge is 0.573 e.